The number of nitrogens with one attached hydrogen (secondary N) is 1. The molecule has 8 heteroatoms. The highest BCUT2D eigenvalue weighted by atomic mass is 16.4. The molecule has 1 amide bonds. The number of rotatable bonds is 6. The summed E-state index contributed by atoms with van der Waals surface area (Å²) >= 11 is 0. The molecule has 1 saturated carbocycles. The molecule has 2 N–H and O–H groups in total. The van der Waals surface area contributed by atoms with Crippen LogP contribution < -0.4 is 5.32 Å². The van der Waals surface area contributed by atoms with Crippen molar-refractivity contribution < 1.29 is 14.7 Å². The summed E-state index contributed by atoms with van der Waals surface area (Å²) in [4.78, 5) is 23.2. The van der Waals surface area contributed by atoms with E-state index in [-0.39, 0.29) is 12.3 Å². The first-order valence-electron chi connectivity index (χ1n) is 7.78. The molecule has 1 aliphatic rings. The molecule has 1 aromatic carbocycles. The Hall–Kier alpha value is -2.77. The first-order valence-corrected chi connectivity index (χ1v) is 7.78. The summed E-state index contributed by atoms with van der Waals surface area (Å²) in [5, 5.41) is 23.7. The Morgan fingerprint density at radius 3 is 2.79 bits per heavy atom. The number of carbonyl (C=O) groups excluding carboxylic acids is 1. The van der Waals surface area contributed by atoms with E-state index < -0.39 is 11.4 Å². The average Bonchev–Trinajstić information content (AvgIpc) is 3.23. The quantitative estimate of drug-likeness (QED) is 0.840. The standard InChI is InChI=1S/C16H19N5O3/c1-16(2,15(23)24)9-13(22)17-11-5-3-4-10(8-11)14-18-19-20-21(14)12-6-7-12/h3-5,8,12H,6-7,9H2,1-2H3,(H,17,22)(H,23,24). The lowest BCUT2D eigenvalue weighted by atomic mass is 9.89. The topological polar surface area (TPSA) is 110 Å². The largest absolute Gasteiger partial charge is 0.481 e. The maximum atomic E-state index is 12.1. The van der Waals surface area contributed by atoms with Crippen molar-refractivity contribution in [2.24, 2.45) is 5.41 Å². The van der Waals surface area contributed by atoms with Crippen molar-refractivity contribution in [2.75, 3.05) is 5.32 Å². The summed E-state index contributed by atoms with van der Waals surface area (Å²) in [5.41, 5.74) is 0.281. The summed E-state index contributed by atoms with van der Waals surface area (Å²) in [6.45, 7) is 3.05. The number of aliphatic carboxylic acids is 1. The average molecular weight is 329 g/mol. The summed E-state index contributed by atoms with van der Waals surface area (Å²) < 4.78 is 1.80. The van der Waals surface area contributed by atoms with Crippen LogP contribution in [0.15, 0.2) is 24.3 Å². The van der Waals surface area contributed by atoms with Gasteiger partial charge in [-0.25, -0.2) is 4.68 Å². The molecule has 0 atom stereocenters. The third kappa shape index (κ3) is 3.42. The summed E-state index contributed by atoms with van der Waals surface area (Å²) in [7, 11) is 0. The Balaban J connectivity index is 1.75. The lowest BCUT2D eigenvalue weighted by molar-refractivity contribution is -0.148. The van der Waals surface area contributed by atoms with Crippen LogP contribution in [0.5, 0.6) is 0 Å². The van der Waals surface area contributed by atoms with E-state index in [1.54, 1.807) is 22.9 Å². The Morgan fingerprint density at radius 1 is 1.38 bits per heavy atom. The van der Waals surface area contributed by atoms with Crippen molar-refractivity contribution in [1.82, 2.24) is 20.2 Å². The lowest BCUT2D eigenvalue weighted by Gasteiger charge is -2.18. The highest BCUT2D eigenvalue weighted by Crippen LogP contribution is 2.36. The fraction of sp³-hybridized carbons (Fsp3) is 0.438. The van der Waals surface area contributed by atoms with E-state index >= 15 is 0 Å². The van der Waals surface area contributed by atoms with Gasteiger partial charge in [0.2, 0.25) is 5.91 Å². The Kier molecular flexibility index (Phi) is 4.04. The van der Waals surface area contributed by atoms with Crippen LogP contribution >= 0.6 is 0 Å². The molecule has 2 aromatic rings. The number of carboxylic acid groups (broad SMARTS) is 1. The number of nitrogens with zero attached hydrogens (tertiary/aromatic N) is 4. The van der Waals surface area contributed by atoms with Gasteiger partial charge >= 0.3 is 5.97 Å². The predicted octanol–water partition coefficient (Wildman–Crippen LogP) is 2.11. The third-order valence-corrected chi connectivity index (χ3v) is 3.97. The molecule has 0 unspecified atom stereocenters. The zero-order chi connectivity index (χ0) is 17.3. The van der Waals surface area contributed by atoms with Crippen LogP contribution in [0.1, 0.15) is 39.2 Å². The molecule has 1 aromatic heterocycles. The van der Waals surface area contributed by atoms with Gasteiger partial charge in [-0.1, -0.05) is 12.1 Å². The Labute approximate surface area is 138 Å². The number of carboxylic acids is 1. The third-order valence-electron chi connectivity index (χ3n) is 3.97. The fourth-order valence-corrected chi connectivity index (χ4v) is 2.37. The van der Waals surface area contributed by atoms with Crippen molar-refractivity contribution in [3.63, 3.8) is 0 Å². The maximum absolute atomic E-state index is 12.1. The zero-order valence-electron chi connectivity index (χ0n) is 13.6. The number of hydrogen-bond acceptors (Lipinski definition) is 5. The minimum absolute atomic E-state index is 0.105. The van der Waals surface area contributed by atoms with Gasteiger partial charge in [0.05, 0.1) is 11.5 Å². The number of amides is 1. The van der Waals surface area contributed by atoms with E-state index in [0.717, 1.165) is 18.4 Å². The molecule has 3 rings (SSSR count). The molecule has 24 heavy (non-hydrogen) atoms. The second kappa shape index (κ2) is 6.03. The summed E-state index contributed by atoms with van der Waals surface area (Å²) in [6.07, 6.45) is 2.03. The van der Waals surface area contributed by atoms with Crippen molar-refractivity contribution in [1.29, 1.82) is 0 Å². The van der Waals surface area contributed by atoms with Gasteiger partial charge in [-0.2, -0.15) is 0 Å². The summed E-state index contributed by atoms with van der Waals surface area (Å²) in [5.74, 6) is -0.684. The summed E-state index contributed by atoms with van der Waals surface area (Å²) in [6, 6.07) is 7.57. The Morgan fingerprint density at radius 2 is 2.12 bits per heavy atom. The van der Waals surface area contributed by atoms with Crippen LogP contribution in [0.25, 0.3) is 11.4 Å². The van der Waals surface area contributed by atoms with E-state index in [1.165, 1.54) is 13.8 Å². The SMILES string of the molecule is CC(C)(CC(=O)Nc1cccc(-c2nnnn2C2CC2)c1)C(=O)O. The lowest BCUT2D eigenvalue weighted by Crippen LogP contribution is -2.29. The van der Waals surface area contributed by atoms with Crippen molar-refractivity contribution in [3.8, 4) is 11.4 Å². The number of hydrogen-bond donors (Lipinski definition) is 2. The number of anilines is 1. The van der Waals surface area contributed by atoms with Gasteiger partial charge in [-0.15, -0.1) is 5.10 Å². The number of benzene rings is 1. The molecular formula is C16H19N5O3. The van der Waals surface area contributed by atoms with Crippen LogP contribution in [0.4, 0.5) is 5.69 Å². The highest BCUT2D eigenvalue weighted by molar-refractivity contribution is 5.94. The molecule has 0 radical (unpaired) electrons. The molecular weight excluding hydrogens is 310 g/mol. The second-order valence-electron chi connectivity index (χ2n) is 6.67. The highest BCUT2D eigenvalue weighted by Gasteiger charge is 2.30. The van der Waals surface area contributed by atoms with E-state index in [2.05, 4.69) is 20.8 Å². The van der Waals surface area contributed by atoms with Crippen LogP contribution in [-0.4, -0.2) is 37.2 Å². The smallest absolute Gasteiger partial charge is 0.309 e. The first-order chi connectivity index (χ1) is 11.4. The van der Waals surface area contributed by atoms with E-state index in [1.807, 2.05) is 6.07 Å². The molecule has 0 spiro atoms. The van der Waals surface area contributed by atoms with Crippen molar-refractivity contribution in [3.05, 3.63) is 24.3 Å². The van der Waals surface area contributed by atoms with Gasteiger partial charge in [-0.3, -0.25) is 9.59 Å². The van der Waals surface area contributed by atoms with E-state index in [9.17, 15) is 9.59 Å². The van der Waals surface area contributed by atoms with Crippen LogP contribution in [0.2, 0.25) is 0 Å². The number of carbonyl (C=O) groups is 2. The van der Waals surface area contributed by atoms with Crippen molar-refractivity contribution in [2.45, 2.75) is 39.2 Å². The van der Waals surface area contributed by atoms with Gasteiger partial charge in [0.15, 0.2) is 5.82 Å². The van der Waals surface area contributed by atoms with Gasteiger partial charge in [0.25, 0.3) is 0 Å². The van der Waals surface area contributed by atoms with Gasteiger partial charge in [0.1, 0.15) is 0 Å². The number of tetrazole rings is 1. The first kappa shape index (κ1) is 16.1. The van der Waals surface area contributed by atoms with Gasteiger partial charge in [0, 0.05) is 17.7 Å². The molecule has 8 nitrogen and oxygen atoms in total. The van der Waals surface area contributed by atoms with E-state index in [4.69, 9.17) is 5.11 Å². The monoisotopic (exact) mass is 329 g/mol. The maximum Gasteiger partial charge on any atom is 0.309 e. The predicted molar refractivity (Wildman–Crippen MR) is 86.2 cm³/mol. The molecule has 126 valence electrons. The number of aromatic nitrogens is 4. The Bertz CT molecular complexity index is 780. The molecule has 1 aliphatic carbocycles. The van der Waals surface area contributed by atoms with Crippen LogP contribution in [0.3, 0.4) is 0 Å². The van der Waals surface area contributed by atoms with Gasteiger partial charge < -0.3 is 10.4 Å². The fourth-order valence-electron chi connectivity index (χ4n) is 2.37. The second-order valence-corrected chi connectivity index (χ2v) is 6.67. The molecule has 0 saturated heterocycles. The normalized spacial score (nSPS) is 14.4. The van der Waals surface area contributed by atoms with Crippen LogP contribution in [-0.2, 0) is 9.59 Å². The van der Waals surface area contributed by atoms with E-state index in [0.29, 0.717) is 17.6 Å². The molecule has 0 aliphatic heterocycles. The minimum atomic E-state index is -1.11. The molecule has 1 fully saturated rings. The molecule has 0 bridgehead atoms. The van der Waals surface area contributed by atoms with Crippen molar-refractivity contribution >= 4 is 17.6 Å². The van der Waals surface area contributed by atoms with Gasteiger partial charge in [-0.05, 0) is 49.2 Å². The zero-order valence-corrected chi connectivity index (χ0v) is 13.6. The minimum Gasteiger partial charge on any atom is -0.481 e. The van der Waals surface area contributed by atoms with Crippen LogP contribution in [0, 0.1) is 5.41 Å². The molecule has 1 heterocycles.